The Morgan fingerprint density at radius 2 is 2.14 bits per heavy atom. The molecule has 0 radical (unpaired) electrons. The maximum atomic E-state index is 12.3. The van der Waals surface area contributed by atoms with Crippen LogP contribution in [0.1, 0.15) is 56.7 Å². The van der Waals surface area contributed by atoms with E-state index in [-0.39, 0.29) is 11.9 Å². The van der Waals surface area contributed by atoms with Crippen LogP contribution in [0.4, 0.5) is 0 Å². The van der Waals surface area contributed by atoms with Crippen molar-refractivity contribution < 1.29 is 4.79 Å². The van der Waals surface area contributed by atoms with Crippen molar-refractivity contribution in [3.63, 3.8) is 0 Å². The van der Waals surface area contributed by atoms with Crippen LogP contribution < -0.4 is 10.6 Å². The van der Waals surface area contributed by atoms with Crippen molar-refractivity contribution in [1.29, 1.82) is 0 Å². The lowest BCUT2D eigenvalue weighted by molar-refractivity contribution is -0.122. The molecule has 1 saturated heterocycles. The molecule has 1 aromatic rings. The van der Waals surface area contributed by atoms with Crippen LogP contribution in [0.5, 0.6) is 0 Å². The van der Waals surface area contributed by atoms with Gasteiger partial charge in [0.25, 0.3) is 0 Å². The molecule has 2 atom stereocenters. The highest BCUT2D eigenvalue weighted by Gasteiger charge is 2.21. The highest BCUT2D eigenvalue weighted by molar-refractivity contribution is 5.77. The molecule has 1 aromatic carbocycles. The molecule has 116 valence electrons. The van der Waals surface area contributed by atoms with Gasteiger partial charge in [0.2, 0.25) is 5.91 Å². The number of hydrogen-bond acceptors (Lipinski definition) is 2. The molecule has 0 bridgehead atoms. The minimum atomic E-state index is 0.125. The number of nitrogens with one attached hydrogen (secondary N) is 2. The maximum absolute atomic E-state index is 12.3. The molecule has 1 fully saturated rings. The van der Waals surface area contributed by atoms with Crippen molar-refractivity contribution in [2.45, 2.75) is 58.5 Å². The van der Waals surface area contributed by atoms with Crippen molar-refractivity contribution in [3.05, 3.63) is 35.4 Å². The number of aryl methyl sites for hydroxylation is 1. The van der Waals surface area contributed by atoms with E-state index in [1.54, 1.807) is 0 Å². The highest BCUT2D eigenvalue weighted by Crippen LogP contribution is 2.24. The highest BCUT2D eigenvalue weighted by atomic mass is 16.1. The first-order valence-corrected chi connectivity index (χ1v) is 8.14. The van der Waals surface area contributed by atoms with E-state index < -0.39 is 0 Å². The van der Waals surface area contributed by atoms with Gasteiger partial charge in [0.15, 0.2) is 0 Å². The summed E-state index contributed by atoms with van der Waals surface area (Å²) in [7, 11) is 0. The van der Waals surface area contributed by atoms with Gasteiger partial charge in [-0.2, -0.15) is 0 Å². The molecule has 2 N–H and O–H groups in total. The Balaban J connectivity index is 2.02. The lowest BCUT2D eigenvalue weighted by Gasteiger charge is -2.23. The number of hydrogen-bond donors (Lipinski definition) is 2. The second kappa shape index (κ2) is 7.60. The molecule has 3 nitrogen and oxygen atoms in total. The first-order chi connectivity index (χ1) is 10.1. The molecule has 2 unspecified atom stereocenters. The third kappa shape index (κ3) is 4.85. The van der Waals surface area contributed by atoms with Crippen molar-refractivity contribution in [1.82, 2.24) is 10.6 Å². The fraction of sp³-hybridized carbons (Fsp3) is 0.611. The Morgan fingerprint density at radius 1 is 1.38 bits per heavy atom. The zero-order chi connectivity index (χ0) is 15.2. The summed E-state index contributed by atoms with van der Waals surface area (Å²) in [4.78, 5) is 12.3. The number of benzene rings is 1. The predicted octanol–water partition coefficient (Wildman–Crippen LogP) is 3.34. The third-order valence-electron chi connectivity index (χ3n) is 4.20. The van der Waals surface area contributed by atoms with E-state index in [9.17, 15) is 4.79 Å². The zero-order valence-corrected chi connectivity index (χ0v) is 13.5. The third-order valence-corrected chi connectivity index (χ3v) is 4.20. The van der Waals surface area contributed by atoms with Gasteiger partial charge in [0.1, 0.15) is 0 Å². The van der Waals surface area contributed by atoms with Gasteiger partial charge in [-0.3, -0.25) is 4.79 Å². The average Bonchev–Trinajstić information content (AvgIpc) is 2.90. The number of carbonyl (C=O) groups is 1. The predicted molar refractivity (Wildman–Crippen MR) is 87.2 cm³/mol. The van der Waals surface area contributed by atoms with Gasteiger partial charge in [-0.05, 0) is 49.8 Å². The van der Waals surface area contributed by atoms with Crippen LogP contribution in [0.15, 0.2) is 24.3 Å². The van der Waals surface area contributed by atoms with Gasteiger partial charge in [-0.25, -0.2) is 0 Å². The average molecular weight is 288 g/mol. The Morgan fingerprint density at radius 3 is 2.76 bits per heavy atom. The number of rotatable bonds is 6. The van der Waals surface area contributed by atoms with Crippen LogP contribution in [0.2, 0.25) is 0 Å². The van der Waals surface area contributed by atoms with E-state index in [0.717, 1.165) is 19.4 Å². The van der Waals surface area contributed by atoms with E-state index in [0.29, 0.717) is 18.4 Å². The Hall–Kier alpha value is -1.35. The summed E-state index contributed by atoms with van der Waals surface area (Å²) in [6.45, 7) is 7.57. The summed E-state index contributed by atoms with van der Waals surface area (Å²) in [5, 5.41) is 6.65. The standard InChI is InChI=1S/C18H28N2O/c1-13(2)11-17(16-9-5-4-7-14(16)3)20-18(21)12-15-8-6-10-19-15/h4-5,7,9,13,15,17,19H,6,8,10-12H2,1-3H3,(H,20,21). The summed E-state index contributed by atoms with van der Waals surface area (Å²) in [6, 6.07) is 8.85. The molecule has 0 saturated carbocycles. The van der Waals surface area contributed by atoms with Gasteiger partial charge < -0.3 is 10.6 Å². The number of carbonyl (C=O) groups excluding carboxylic acids is 1. The first-order valence-electron chi connectivity index (χ1n) is 8.14. The van der Waals surface area contributed by atoms with E-state index in [2.05, 4.69) is 55.7 Å². The fourth-order valence-electron chi connectivity index (χ4n) is 3.12. The van der Waals surface area contributed by atoms with Crippen LogP contribution in [0, 0.1) is 12.8 Å². The summed E-state index contributed by atoms with van der Waals surface area (Å²) < 4.78 is 0. The molecule has 0 aliphatic carbocycles. The molecule has 1 aliphatic heterocycles. The van der Waals surface area contributed by atoms with Crippen LogP contribution in [0.3, 0.4) is 0 Å². The minimum absolute atomic E-state index is 0.125. The molecule has 21 heavy (non-hydrogen) atoms. The van der Waals surface area contributed by atoms with E-state index >= 15 is 0 Å². The summed E-state index contributed by atoms with van der Waals surface area (Å²) in [5.74, 6) is 0.725. The van der Waals surface area contributed by atoms with Crippen LogP contribution in [0.25, 0.3) is 0 Å². The summed E-state index contributed by atoms with van der Waals surface area (Å²) >= 11 is 0. The second-order valence-corrected chi connectivity index (χ2v) is 6.60. The van der Waals surface area contributed by atoms with E-state index in [1.165, 1.54) is 17.5 Å². The van der Waals surface area contributed by atoms with Crippen molar-refractivity contribution in [2.75, 3.05) is 6.54 Å². The molecule has 3 heteroatoms. The summed E-state index contributed by atoms with van der Waals surface area (Å²) in [6.07, 6.45) is 3.88. The lowest BCUT2D eigenvalue weighted by Crippen LogP contribution is -2.35. The molecule has 1 aliphatic rings. The van der Waals surface area contributed by atoms with E-state index in [1.807, 2.05) is 0 Å². The quantitative estimate of drug-likeness (QED) is 0.843. The van der Waals surface area contributed by atoms with Crippen LogP contribution >= 0.6 is 0 Å². The molecule has 2 rings (SSSR count). The topological polar surface area (TPSA) is 41.1 Å². The minimum Gasteiger partial charge on any atom is -0.349 e. The molecular formula is C18H28N2O. The van der Waals surface area contributed by atoms with Crippen molar-refractivity contribution in [3.8, 4) is 0 Å². The Kier molecular flexibility index (Phi) is 5.80. The first kappa shape index (κ1) is 16.0. The van der Waals surface area contributed by atoms with Gasteiger partial charge in [-0.15, -0.1) is 0 Å². The maximum Gasteiger partial charge on any atom is 0.222 e. The van der Waals surface area contributed by atoms with Crippen molar-refractivity contribution in [2.24, 2.45) is 5.92 Å². The van der Waals surface area contributed by atoms with E-state index in [4.69, 9.17) is 0 Å². The van der Waals surface area contributed by atoms with Gasteiger partial charge >= 0.3 is 0 Å². The Bertz CT molecular complexity index is 464. The SMILES string of the molecule is Cc1ccccc1C(CC(C)C)NC(=O)CC1CCCN1. The molecular weight excluding hydrogens is 260 g/mol. The molecule has 1 amide bonds. The lowest BCUT2D eigenvalue weighted by atomic mass is 9.93. The van der Waals surface area contributed by atoms with Gasteiger partial charge in [0.05, 0.1) is 6.04 Å². The molecule has 1 heterocycles. The Labute approximate surface area is 128 Å². The monoisotopic (exact) mass is 288 g/mol. The van der Waals surface area contributed by atoms with Crippen LogP contribution in [-0.2, 0) is 4.79 Å². The largest absolute Gasteiger partial charge is 0.349 e. The molecule has 0 spiro atoms. The smallest absolute Gasteiger partial charge is 0.222 e. The normalized spacial score (nSPS) is 19.7. The van der Waals surface area contributed by atoms with Gasteiger partial charge in [0, 0.05) is 12.5 Å². The summed E-state index contributed by atoms with van der Waals surface area (Å²) in [5.41, 5.74) is 2.50. The van der Waals surface area contributed by atoms with Gasteiger partial charge in [-0.1, -0.05) is 38.1 Å². The number of amides is 1. The van der Waals surface area contributed by atoms with Crippen molar-refractivity contribution >= 4 is 5.91 Å². The zero-order valence-electron chi connectivity index (χ0n) is 13.5. The fourth-order valence-corrected chi connectivity index (χ4v) is 3.12. The second-order valence-electron chi connectivity index (χ2n) is 6.60. The molecule has 0 aromatic heterocycles. The van der Waals surface area contributed by atoms with Crippen LogP contribution in [-0.4, -0.2) is 18.5 Å².